The van der Waals surface area contributed by atoms with Gasteiger partial charge in [0.2, 0.25) is 0 Å². The highest BCUT2D eigenvalue weighted by atomic mass is 14.5. The molecule has 0 aromatic rings. The van der Waals surface area contributed by atoms with E-state index in [1.807, 2.05) is 0 Å². The smallest absolute Gasteiger partial charge is 0.0200 e. The van der Waals surface area contributed by atoms with Crippen LogP contribution in [0, 0.1) is 35.5 Å². The van der Waals surface area contributed by atoms with Crippen molar-refractivity contribution in [1.82, 2.24) is 0 Å². The molecule has 0 heteroatoms. The molecule has 2 saturated carbocycles. The molecular formula is C17H30. The molecule has 0 aromatic carbocycles. The summed E-state index contributed by atoms with van der Waals surface area (Å²) in [5, 5.41) is 0. The minimum Gasteiger partial charge on any atom is -0.0885 e. The standard InChI is InChI=1S/C17H30/c1-5-7-8-14-9-13-10-16(14)17(11-13)15(6-2)12(3)4/h7-8,12-17H,5-6,9-11H2,1-4H3/b8-7-/t13?,14?,15-,16?,17-/m1/s1. The summed E-state index contributed by atoms with van der Waals surface area (Å²) < 4.78 is 0. The van der Waals surface area contributed by atoms with E-state index in [4.69, 9.17) is 0 Å². The normalized spacial score (nSPS) is 38.4. The third-order valence-electron chi connectivity index (χ3n) is 5.41. The van der Waals surface area contributed by atoms with Gasteiger partial charge in [0.15, 0.2) is 0 Å². The third kappa shape index (κ3) is 2.61. The maximum atomic E-state index is 2.55. The summed E-state index contributed by atoms with van der Waals surface area (Å²) in [6, 6.07) is 0. The Morgan fingerprint density at radius 2 is 1.88 bits per heavy atom. The zero-order valence-electron chi connectivity index (χ0n) is 12.2. The molecule has 0 radical (unpaired) electrons. The first kappa shape index (κ1) is 13.2. The van der Waals surface area contributed by atoms with Crippen LogP contribution in [0.1, 0.15) is 59.8 Å². The van der Waals surface area contributed by atoms with Crippen molar-refractivity contribution in [2.45, 2.75) is 59.8 Å². The predicted molar refractivity (Wildman–Crippen MR) is 75.9 cm³/mol. The molecule has 2 aliphatic carbocycles. The van der Waals surface area contributed by atoms with Crippen LogP contribution in [0.15, 0.2) is 12.2 Å². The largest absolute Gasteiger partial charge is 0.0885 e. The van der Waals surface area contributed by atoms with E-state index in [-0.39, 0.29) is 0 Å². The van der Waals surface area contributed by atoms with Crippen LogP contribution in [0.5, 0.6) is 0 Å². The lowest BCUT2D eigenvalue weighted by Crippen LogP contribution is -2.28. The Morgan fingerprint density at radius 1 is 1.12 bits per heavy atom. The fourth-order valence-electron chi connectivity index (χ4n) is 4.75. The van der Waals surface area contributed by atoms with Crippen molar-refractivity contribution in [2.75, 3.05) is 0 Å². The maximum Gasteiger partial charge on any atom is -0.0200 e. The molecule has 0 amide bonds. The second-order valence-electron chi connectivity index (χ2n) is 6.72. The summed E-state index contributed by atoms with van der Waals surface area (Å²) in [6.45, 7) is 9.51. The van der Waals surface area contributed by atoms with Crippen LogP contribution in [-0.4, -0.2) is 0 Å². The van der Waals surface area contributed by atoms with E-state index >= 15 is 0 Å². The fraction of sp³-hybridized carbons (Fsp3) is 0.882. The zero-order valence-corrected chi connectivity index (χ0v) is 12.2. The molecule has 0 saturated heterocycles. The van der Waals surface area contributed by atoms with E-state index < -0.39 is 0 Å². The highest BCUT2D eigenvalue weighted by Gasteiger charge is 2.47. The fourth-order valence-corrected chi connectivity index (χ4v) is 4.75. The van der Waals surface area contributed by atoms with Gasteiger partial charge in [-0.15, -0.1) is 0 Å². The van der Waals surface area contributed by atoms with E-state index in [1.54, 1.807) is 0 Å². The lowest BCUT2D eigenvalue weighted by Gasteiger charge is -2.36. The molecule has 0 nitrogen and oxygen atoms in total. The van der Waals surface area contributed by atoms with E-state index in [9.17, 15) is 0 Å². The Balaban J connectivity index is 2.04. The Labute approximate surface area is 108 Å². The van der Waals surface area contributed by atoms with Crippen LogP contribution < -0.4 is 0 Å². The van der Waals surface area contributed by atoms with Gasteiger partial charge in [-0.2, -0.15) is 0 Å². The molecule has 17 heavy (non-hydrogen) atoms. The first-order valence-corrected chi connectivity index (χ1v) is 7.83. The lowest BCUT2D eigenvalue weighted by molar-refractivity contribution is 0.149. The summed E-state index contributed by atoms with van der Waals surface area (Å²) in [7, 11) is 0. The van der Waals surface area contributed by atoms with Gasteiger partial charge < -0.3 is 0 Å². The predicted octanol–water partition coefficient (Wildman–Crippen LogP) is 5.30. The molecule has 3 unspecified atom stereocenters. The van der Waals surface area contributed by atoms with Crippen LogP contribution in [0.2, 0.25) is 0 Å². The molecule has 2 fully saturated rings. The summed E-state index contributed by atoms with van der Waals surface area (Å²) in [4.78, 5) is 0. The molecule has 2 rings (SSSR count). The monoisotopic (exact) mass is 234 g/mol. The minimum absolute atomic E-state index is 0.875. The van der Waals surface area contributed by atoms with E-state index in [0.717, 1.165) is 35.5 Å². The topological polar surface area (TPSA) is 0 Å². The third-order valence-corrected chi connectivity index (χ3v) is 5.41. The highest BCUT2D eigenvalue weighted by Crippen LogP contribution is 2.56. The van der Waals surface area contributed by atoms with Crippen LogP contribution >= 0.6 is 0 Å². The van der Waals surface area contributed by atoms with Crippen molar-refractivity contribution in [3.63, 3.8) is 0 Å². The quantitative estimate of drug-likeness (QED) is 0.566. The Hall–Kier alpha value is -0.260. The molecular weight excluding hydrogens is 204 g/mol. The summed E-state index contributed by atoms with van der Waals surface area (Å²) in [5.41, 5.74) is 0. The van der Waals surface area contributed by atoms with Gasteiger partial charge in [-0.05, 0) is 61.2 Å². The van der Waals surface area contributed by atoms with E-state index in [2.05, 4.69) is 39.8 Å². The summed E-state index contributed by atoms with van der Waals surface area (Å²) in [6.07, 6.45) is 12.1. The average molecular weight is 234 g/mol. The first-order valence-electron chi connectivity index (χ1n) is 7.83. The van der Waals surface area contributed by atoms with E-state index in [1.165, 1.54) is 32.1 Å². The molecule has 0 N–H and O–H groups in total. The SMILES string of the molecule is CC/C=C\C1CC2CC1[C@@H]([C@H](CC)C(C)C)C2. The van der Waals surface area contributed by atoms with Crippen LogP contribution in [0.3, 0.4) is 0 Å². The molecule has 0 aliphatic heterocycles. The van der Waals surface area contributed by atoms with Crippen molar-refractivity contribution >= 4 is 0 Å². The number of allylic oxidation sites excluding steroid dienone is 2. The molecule has 5 atom stereocenters. The van der Waals surface area contributed by atoms with Gasteiger partial charge in [0.25, 0.3) is 0 Å². The van der Waals surface area contributed by atoms with Gasteiger partial charge in [-0.3, -0.25) is 0 Å². The minimum atomic E-state index is 0.875. The van der Waals surface area contributed by atoms with Crippen LogP contribution in [0.25, 0.3) is 0 Å². The summed E-state index contributed by atoms with van der Waals surface area (Å²) in [5.74, 6) is 5.89. The van der Waals surface area contributed by atoms with Crippen molar-refractivity contribution in [2.24, 2.45) is 35.5 Å². The van der Waals surface area contributed by atoms with Gasteiger partial charge in [0, 0.05) is 0 Å². The van der Waals surface area contributed by atoms with Gasteiger partial charge >= 0.3 is 0 Å². The Bertz CT molecular complexity index is 263. The summed E-state index contributed by atoms with van der Waals surface area (Å²) >= 11 is 0. The lowest BCUT2D eigenvalue weighted by atomic mass is 9.69. The van der Waals surface area contributed by atoms with E-state index in [0.29, 0.717) is 0 Å². The van der Waals surface area contributed by atoms with Gasteiger partial charge in [-0.1, -0.05) is 46.3 Å². The molecule has 2 aliphatic rings. The zero-order chi connectivity index (χ0) is 12.4. The number of fused-ring (bicyclic) bond motifs is 2. The van der Waals surface area contributed by atoms with Crippen molar-refractivity contribution in [3.8, 4) is 0 Å². The number of hydrogen-bond donors (Lipinski definition) is 0. The molecule has 0 aromatic heterocycles. The Morgan fingerprint density at radius 3 is 2.41 bits per heavy atom. The second kappa shape index (κ2) is 5.59. The highest BCUT2D eigenvalue weighted by molar-refractivity contribution is 5.04. The maximum absolute atomic E-state index is 2.55. The Kier molecular flexibility index (Phi) is 4.33. The molecule has 98 valence electrons. The average Bonchev–Trinajstić information content (AvgIpc) is 2.86. The van der Waals surface area contributed by atoms with Crippen LogP contribution in [-0.2, 0) is 0 Å². The molecule has 0 spiro atoms. The number of rotatable bonds is 5. The van der Waals surface area contributed by atoms with Gasteiger partial charge in [0.05, 0.1) is 0 Å². The first-order chi connectivity index (χ1) is 8.17. The van der Waals surface area contributed by atoms with Crippen LogP contribution in [0.4, 0.5) is 0 Å². The second-order valence-corrected chi connectivity index (χ2v) is 6.72. The van der Waals surface area contributed by atoms with Crippen molar-refractivity contribution < 1.29 is 0 Å². The van der Waals surface area contributed by atoms with Crippen molar-refractivity contribution in [3.05, 3.63) is 12.2 Å². The van der Waals surface area contributed by atoms with Gasteiger partial charge in [0.1, 0.15) is 0 Å². The van der Waals surface area contributed by atoms with Crippen molar-refractivity contribution in [1.29, 1.82) is 0 Å². The molecule has 0 heterocycles. The van der Waals surface area contributed by atoms with Gasteiger partial charge in [-0.25, -0.2) is 0 Å². The number of hydrogen-bond acceptors (Lipinski definition) is 0. The molecule has 2 bridgehead atoms.